The minimum absolute atomic E-state index is 0.00277. The molecule has 5 rings (SSSR count). The first kappa shape index (κ1) is 25.6. The Morgan fingerprint density at radius 1 is 1.21 bits per heavy atom. The number of fused-ring (bicyclic) bond motifs is 4. The van der Waals surface area contributed by atoms with Crippen LogP contribution in [0.2, 0.25) is 0 Å². The monoisotopic (exact) mass is 531 g/mol. The maximum absolute atomic E-state index is 13.4. The molecule has 11 nitrogen and oxygen atoms in total. The van der Waals surface area contributed by atoms with Crippen LogP contribution in [-0.2, 0) is 6.18 Å². The molecule has 2 aromatic heterocycles. The number of halogens is 3. The average Bonchev–Trinajstić information content (AvgIpc) is 2.92. The number of carbonyl (C=O) groups excluding carboxylic acids is 1. The van der Waals surface area contributed by atoms with Crippen LogP contribution in [0.15, 0.2) is 42.9 Å². The Hall–Kier alpha value is -4.04. The van der Waals surface area contributed by atoms with Gasteiger partial charge in [0.25, 0.3) is 0 Å². The number of rotatable bonds is 6. The number of nitrogens with zero attached hydrogens (tertiary/aromatic N) is 6. The Labute approximate surface area is 214 Å². The molecule has 3 aromatic rings. The van der Waals surface area contributed by atoms with Gasteiger partial charge < -0.3 is 19.8 Å². The van der Waals surface area contributed by atoms with E-state index in [4.69, 9.17) is 9.84 Å². The van der Waals surface area contributed by atoms with Gasteiger partial charge in [-0.15, -0.1) is 0 Å². The lowest BCUT2D eigenvalue weighted by Crippen LogP contribution is -2.56. The predicted octanol–water partition coefficient (Wildman–Crippen LogP) is 2.71. The predicted molar refractivity (Wildman–Crippen MR) is 130 cm³/mol. The molecule has 0 saturated carbocycles. The van der Waals surface area contributed by atoms with Crippen molar-refractivity contribution in [3.05, 3.63) is 48.4 Å². The van der Waals surface area contributed by atoms with Gasteiger partial charge in [0.1, 0.15) is 12.7 Å². The lowest BCUT2D eigenvalue weighted by atomic mass is 10.0. The number of anilines is 3. The Kier molecular flexibility index (Phi) is 6.99. The molecule has 0 radical (unpaired) electrons. The van der Waals surface area contributed by atoms with Crippen LogP contribution < -0.4 is 19.9 Å². The minimum Gasteiger partial charge on any atom is -0.488 e. The lowest BCUT2D eigenvalue weighted by Gasteiger charge is -2.45. The number of piperidine rings is 1. The molecule has 0 aliphatic carbocycles. The van der Waals surface area contributed by atoms with Crippen LogP contribution in [0.3, 0.4) is 0 Å². The Morgan fingerprint density at radius 2 is 2.00 bits per heavy atom. The minimum atomic E-state index is -4.52. The summed E-state index contributed by atoms with van der Waals surface area (Å²) < 4.78 is 45.0. The van der Waals surface area contributed by atoms with E-state index in [1.165, 1.54) is 35.6 Å². The van der Waals surface area contributed by atoms with Gasteiger partial charge in [-0.05, 0) is 25.0 Å². The number of aliphatic hydroxyl groups excluding tert-OH is 2. The van der Waals surface area contributed by atoms with E-state index in [0.717, 1.165) is 25.1 Å². The smallest absolute Gasteiger partial charge is 0.416 e. The first-order valence-electron chi connectivity index (χ1n) is 11.9. The van der Waals surface area contributed by atoms with Crippen LogP contribution >= 0.6 is 0 Å². The molecule has 2 atom stereocenters. The SMILES string of the molecule is O=C(Nc1ncc(OC[C@H](O)CO)cn1)N1c2nc(-c3cccc(C(F)(F)F)c3)ncc2N2CCCC1C2. The lowest BCUT2D eigenvalue weighted by molar-refractivity contribution is -0.137. The van der Waals surface area contributed by atoms with Crippen molar-refractivity contribution in [1.29, 1.82) is 0 Å². The molecule has 4 heterocycles. The van der Waals surface area contributed by atoms with Gasteiger partial charge in [0, 0.05) is 18.7 Å². The van der Waals surface area contributed by atoms with Crippen molar-refractivity contribution in [3.63, 3.8) is 0 Å². The third kappa shape index (κ3) is 5.31. The third-order valence-electron chi connectivity index (χ3n) is 6.25. The van der Waals surface area contributed by atoms with Gasteiger partial charge in [-0.1, -0.05) is 12.1 Å². The number of carbonyl (C=O) groups is 1. The summed E-state index contributed by atoms with van der Waals surface area (Å²) >= 11 is 0. The Balaban J connectivity index is 1.41. The van der Waals surface area contributed by atoms with E-state index in [1.807, 2.05) is 0 Å². The summed E-state index contributed by atoms with van der Waals surface area (Å²) in [6, 6.07) is 3.97. The van der Waals surface area contributed by atoms with Gasteiger partial charge in [0.05, 0.1) is 42.5 Å². The van der Waals surface area contributed by atoms with Crippen LogP contribution in [0.4, 0.5) is 35.4 Å². The Morgan fingerprint density at radius 3 is 2.74 bits per heavy atom. The summed E-state index contributed by atoms with van der Waals surface area (Å²) in [6.07, 6.45) is 0.145. The van der Waals surface area contributed by atoms with Crippen LogP contribution in [0.1, 0.15) is 18.4 Å². The first-order valence-corrected chi connectivity index (χ1v) is 11.9. The number of amides is 2. The first-order chi connectivity index (χ1) is 18.2. The quantitative estimate of drug-likeness (QED) is 0.439. The van der Waals surface area contributed by atoms with E-state index in [1.54, 1.807) is 0 Å². The van der Waals surface area contributed by atoms with Gasteiger partial charge in [0.2, 0.25) is 5.95 Å². The average molecular weight is 531 g/mol. The van der Waals surface area contributed by atoms with Crippen molar-refractivity contribution < 1.29 is 32.9 Å². The molecule has 38 heavy (non-hydrogen) atoms. The second-order valence-electron chi connectivity index (χ2n) is 8.91. The standard InChI is InChI=1S/C24H24F3N7O4/c25-24(26,27)15-4-1-3-14(7-15)20-28-10-19-21(31-20)34(16-5-2-6-33(19)11-16)23(37)32-22-29-8-18(9-30-22)38-13-17(36)12-35/h1,3-4,7-10,16-17,35-36H,2,5-6,11-13H2,(H,29,30,32,37)/t16?,17-/m1/s1. The molecular formula is C24H24F3N7O4. The molecular weight excluding hydrogens is 507 g/mol. The molecule has 3 N–H and O–H groups in total. The number of ether oxygens (including phenoxy) is 1. The number of nitrogens with one attached hydrogen (secondary N) is 1. The molecule has 1 saturated heterocycles. The molecule has 2 aliphatic rings. The second kappa shape index (κ2) is 10.4. The van der Waals surface area contributed by atoms with Crippen LogP contribution in [0.5, 0.6) is 5.75 Å². The number of hydrogen-bond donors (Lipinski definition) is 3. The highest BCUT2D eigenvalue weighted by molar-refractivity contribution is 6.03. The second-order valence-corrected chi connectivity index (χ2v) is 8.91. The zero-order chi connectivity index (χ0) is 26.9. The number of alkyl halides is 3. The third-order valence-corrected chi connectivity index (χ3v) is 6.25. The molecule has 2 aliphatic heterocycles. The van der Waals surface area contributed by atoms with E-state index < -0.39 is 30.5 Å². The van der Waals surface area contributed by atoms with Crippen molar-refractivity contribution in [2.24, 2.45) is 0 Å². The summed E-state index contributed by atoms with van der Waals surface area (Å²) in [4.78, 5) is 33.9. The topological polar surface area (TPSA) is 137 Å². The van der Waals surface area contributed by atoms with Crippen molar-refractivity contribution in [2.45, 2.75) is 31.2 Å². The van der Waals surface area contributed by atoms with Crippen molar-refractivity contribution in [2.75, 3.05) is 41.4 Å². The van der Waals surface area contributed by atoms with Gasteiger partial charge in [-0.2, -0.15) is 13.2 Å². The molecule has 14 heteroatoms. The van der Waals surface area contributed by atoms with Crippen LogP contribution in [0, 0.1) is 0 Å². The molecule has 2 amide bonds. The normalized spacial score (nSPS) is 17.6. The van der Waals surface area contributed by atoms with Gasteiger partial charge in [-0.3, -0.25) is 10.2 Å². The molecule has 1 aromatic carbocycles. The van der Waals surface area contributed by atoms with Gasteiger partial charge in [0.15, 0.2) is 17.4 Å². The van der Waals surface area contributed by atoms with Gasteiger partial charge in [-0.25, -0.2) is 24.7 Å². The van der Waals surface area contributed by atoms with E-state index in [-0.39, 0.29) is 35.7 Å². The fourth-order valence-corrected chi connectivity index (χ4v) is 4.42. The van der Waals surface area contributed by atoms with Crippen molar-refractivity contribution in [1.82, 2.24) is 19.9 Å². The summed E-state index contributed by atoms with van der Waals surface area (Å²) in [5.74, 6) is 0.590. The number of urea groups is 1. The van der Waals surface area contributed by atoms with Crippen molar-refractivity contribution >= 4 is 23.5 Å². The highest BCUT2D eigenvalue weighted by Gasteiger charge is 2.39. The summed E-state index contributed by atoms with van der Waals surface area (Å²) in [5.41, 5.74) is -0.0279. The number of hydrogen-bond acceptors (Lipinski definition) is 9. The molecule has 1 unspecified atom stereocenters. The fourth-order valence-electron chi connectivity index (χ4n) is 4.42. The zero-order valence-electron chi connectivity index (χ0n) is 20.0. The van der Waals surface area contributed by atoms with E-state index in [2.05, 4.69) is 30.2 Å². The largest absolute Gasteiger partial charge is 0.488 e. The maximum atomic E-state index is 13.4. The van der Waals surface area contributed by atoms with Gasteiger partial charge >= 0.3 is 12.2 Å². The highest BCUT2D eigenvalue weighted by atomic mass is 19.4. The highest BCUT2D eigenvalue weighted by Crippen LogP contribution is 2.39. The summed E-state index contributed by atoms with van der Waals surface area (Å²) in [7, 11) is 0. The van der Waals surface area contributed by atoms with E-state index in [9.17, 15) is 23.1 Å². The zero-order valence-corrected chi connectivity index (χ0v) is 20.0. The van der Waals surface area contributed by atoms with Crippen LogP contribution in [-0.4, -0.2) is 74.6 Å². The van der Waals surface area contributed by atoms with Crippen molar-refractivity contribution in [3.8, 4) is 17.1 Å². The molecule has 1 fully saturated rings. The number of benzene rings is 1. The van der Waals surface area contributed by atoms with E-state index >= 15 is 0 Å². The maximum Gasteiger partial charge on any atom is 0.416 e. The number of aliphatic hydroxyl groups is 2. The summed E-state index contributed by atoms with van der Waals surface area (Å²) in [5, 5.41) is 20.9. The number of aromatic nitrogens is 4. The molecule has 0 spiro atoms. The fraction of sp³-hybridized carbons (Fsp3) is 0.375. The summed E-state index contributed by atoms with van der Waals surface area (Å²) in [6.45, 7) is 0.709. The Bertz CT molecular complexity index is 1310. The molecule has 2 bridgehead atoms. The van der Waals surface area contributed by atoms with Crippen LogP contribution in [0.25, 0.3) is 11.4 Å². The van der Waals surface area contributed by atoms with E-state index in [0.29, 0.717) is 24.5 Å². The molecule has 200 valence electrons.